The van der Waals surface area contributed by atoms with Gasteiger partial charge in [-0.25, -0.2) is 4.98 Å². The van der Waals surface area contributed by atoms with Gasteiger partial charge >= 0.3 is 5.97 Å². The number of aliphatic carboxylic acids is 1. The number of para-hydroxylation sites is 1. The maximum atomic E-state index is 11.7. The van der Waals surface area contributed by atoms with E-state index in [9.17, 15) is 9.90 Å². The highest BCUT2D eigenvalue weighted by Gasteiger charge is 2.38. The van der Waals surface area contributed by atoms with Crippen LogP contribution in [0.15, 0.2) is 48.8 Å². The Hall–Kier alpha value is -2.31. The third kappa shape index (κ3) is 2.68. The number of likely N-dealkylation sites (tertiary alicyclic amines) is 1. The van der Waals surface area contributed by atoms with Crippen LogP contribution < -0.4 is 0 Å². The Morgan fingerprint density at radius 1 is 1.29 bits per heavy atom. The number of carbonyl (C=O) groups is 1. The van der Waals surface area contributed by atoms with E-state index >= 15 is 0 Å². The Kier molecular flexibility index (Phi) is 4.00. The summed E-state index contributed by atoms with van der Waals surface area (Å²) in [5, 5.41) is 10.5. The van der Waals surface area contributed by atoms with E-state index in [4.69, 9.17) is 4.98 Å². The number of fused-ring (bicyclic) bond motifs is 1. The molecule has 0 bridgehead atoms. The van der Waals surface area contributed by atoms with Gasteiger partial charge in [-0.3, -0.25) is 14.7 Å². The molecule has 3 heterocycles. The van der Waals surface area contributed by atoms with Crippen molar-refractivity contribution in [2.75, 3.05) is 6.54 Å². The second-order valence-corrected chi connectivity index (χ2v) is 7.01. The van der Waals surface area contributed by atoms with Crippen LogP contribution >= 0.6 is 11.3 Å². The zero-order chi connectivity index (χ0) is 16.5. The van der Waals surface area contributed by atoms with Crippen LogP contribution in [0.4, 0.5) is 0 Å². The summed E-state index contributed by atoms with van der Waals surface area (Å²) in [6.45, 7) is 0.756. The van der Waals surface area contributed by atoms with Gasteiger partial charge in [-0.1, -0.05) is 18.2 Å². The third-order valence-electron chi connectivity index (χ3n) is 4.46. The van der Waals surface area contributed by atoms with E-state index in [1.807, 2.05) is 36.5 Å². The first-order valence-electron chi connectivity index (χ1n) is 7.98. The minimum absolute atomic E-state index is 0.167. The van der Waals surface area contributed by atoms with Gasteiger partial charge < -0.3 is 5.11 Å². The molecule has 2 aromatic heterocycles. The molecule has 1 aromatic carbocycles. The molecular formula is C18H17N3O2S. The van der Waals surface area contributed by atoms with E-state index in [-0.39, 0.29) is 6.04 Å². The van der Waals surface area contributed by atoms with Crippen molar-refractivity contribution in [2.24, 2.45) is 0 Å². The number of benzene rings is 1. The highest BCUT2D eigenvalue weighted by Crippen LogP contribution is 2.38. The molecule has 5 nitrogen and oxygen atoms in total. The van der Waals surface area contributed by atoms with Crippen LogP contribution in [-0.2, 0) is 4.79 Å². The van der Waals surface area contributed by atoms with E-state index in [0.29, 0.717) is 6.42 Å². The molecule has 1 fully saturated rings. The zero-order valence-corrected chi connectivity index (χ0v) is 13.8. The van der Waals surface area contributed by atoms with Crippen molar-refractivity contribution in [3.8, 4) is 0 Å². The number of nitrogens with zero attached hydrogens (tertiary/aromatic N) is 3. The van der Waals surface area contributed by atoms with E-state index < -0.39 is 12.0 Å². The van der Waals surface area contributed by atoms with Gasteiger partial charge in [0.2, 0.25) is 0 Å². The molecule has 2 unspecified atom stereocenters. The fraction of sp³-hybridized carbons (Fsp3) is 0.278. The van der Waals surface area contributed by atoms with Gasteiger partial charge in [-0.15, -0.1) is 11.3 Å². The Labute approximate surface area is 143 Å². The van der Waals surface area contributed by atoms with Gasteiger partial charge in [0.25, 0.3) is 0 Å². The molecule has 24 heavy (non-hydrogen) atoms. The number of rotatable bonds is 4. The van der Waals surface area contributed by atoms with E-state index in [1.165, 1.54) is 0 Å². The molecule has 3 aromatic rings. The Bertz CT molecular complexity index is 832. The molecule has 4 rings (SSSR count). The predicted molar refractivity (Wildman–Crippen MR) is 93.1 cm³/mol. The minimum Gasteiger partial charge on any atom is -0.480 e. The monoisotopic (exact) mass is 339 g/mol. The molecule has 2 atom stereocenters. The first-order valence-corrected chi connectivity index (χ1v) is 8.79. The molecule has 0 amide bonds. The number of pyridine rings is 1. The fourth-order valence-electron chi connectivity index (χ4n) is 3.38. The average Bonchev–Trinajstić information content (AvgIpc) is 3.23. The first-order chi connectivity index (χ1) is 11.7. The van der Waals surface area contributed by atoms with Gasteiger partial charge in [0.15, 0.2) is 0 Å². The number of hydrogen-bond acceptors (Lipinski definition) is 5. The topological polar surface area (TPSA) is 66.3 Å². The normalized spacial score (nSPS) is 19.6. The standard InChI is InChI=1S/C18H17N3O2S/c22-18(23)14-7-4-10-21(14)16(12-5-3-9-19-11-12)17-20-13-6-1-2-8-15(13)24-17/h1-3,5-6,8-9,11,14,16H,4,7,10H2,(H,22,23). The van der Waals surface area contributed by atoms with Crippen LogP contribution in [0.5, 0.6) is 0 Å². The summed E-state index contributed by atoms with van der Waals surface area (Å²) in [5.41, 5.74) is 1.95. The second kappa shape index (κ2) is 6.30. The molecule has 0 aliphatic carbocycles. The molecule has 0 saturated carbocycles. The summed E-state index contributed by atoms with van der Waals surface area (Å²) in [6, 6.07) is 11.3. The first kappa shape index (κ1) is 15.2. The van der Waals surface area contributed by atoms with Crippen LogP contribution in [0, 0.1) is 0 Å². The Morgan fingerprint density at radius 3 is 2.92 bits per heavy atom. The highest BCUT2D eigenvalue weighted by atomic mass is 32.1. The lowest BCUT2D eigenvalue weighted by molar-refractivity contribution is -0.142. The zero-order valence-electron chi connectivity index (χ0n) is 13.0. The van der Waals surface area contributed by atoms with Gasteiger partial charge in [0.1, 0.15) is 11.0 Å². The Morgan fingerprint density at radius 2 is 2.17 bits per heavy atom. The molecule has 122 valence electrons. The summed E-state index contributed by atoms with van der Waals surface area (Å²) in [7, 11) is 0. The van der Waals surface area contributed by atoms with Crippen LogP contribution in [0.1, 0.15) is 29.5 Å². The van der Waals surface area contributed by atoms with Crippen molar-refractivity contribution in [3.63, 3.8) is 0 Å². The summed E-state index contributed by atoms with van der Waals surface area (Å²) < 4.78 is 1.12. The molecule has 6 heteroatoms. The third-order valence-corrected chi connectivity index (χ3v) is 5.54. The summed E-state index contributed by atoms with van der Waals surface area (Å²) in [4.78, 5) is 22.7. The fourth-order valence-corrected chi connectivity index (χ4v) is 4.50. The lowest BCUT2D eigenvalue weighted by atomic mass is 10.1. The largest absolute Gasteiger partial charge is 0.480 e. The SMILES string of the molecule is O=C(O)C1CCCN1C(c1cccnc1)c1nc2ccccc2s1. The minimum atomic E-state index is -0.762. The van der Waals surface area contributed by atoms with Crippen molar-refractivity contribution >= 4 is 27.5 Å². The summed E-state index contributed by atoms with van der Waals surface area (Å²) >= 11 is 1.63. The van der Waals surface area contributed by atoms with E-state index in [0.717, 1.165) is 33.8 Å². The summed E-state index contributed by atoms with van der Waals surface area (Å²) in [6.07, 6.45) is 5.11. The molecule has 1 aliphatic rings. The van der Waals surface area contributed by atoms with Gasteiger partial charge in [-0.2, -0.15) is 0 Å². The Balaban J connectivity index is 1.83. The number of hydrogen-bond donors (Lipinski definition) is 1. The maximum Gasteiger partial charge on any atom is 0.320 e. The van der Waals surface area contributed by atoms with Gasteiger partial charge in [-0.05, 0) is 36.6 Å². The lowest BCUT2D eigenvalue weighted by Crippen LogP contribution is -2.39. The number of thiazole rings is 1. The molecule has 0 radical (unpaired) electrons. The maximum absolute atomic E-state index is 11.7. The van der Waals surface area contributed by atoms with Crippen LogP contribution in [0.2, 0.25) is 0 Å². The number of aromatic nitrogens is 2. The second-order valence-electron chi connectivity index (χ2n) is 5.94. The van der Waals surface area contributed by atoms with Crippen molar-refractivity contribution < 1.29 is 9.90 Å². The smallest absolute Gasteiger partial charge is 0.320 e. The molecule has 0 spiro atoms. The molecule has 1 saturated heterocycles. The quantitative estimate of drug-likeness (QED) is 0.790. The van der Waals surface area contributed by atoms with Crippen LogP contribution in [0.25, 0.3) is 10.2 Å². The van der Waals surface area contributed by atoms with Crippen molar-refractivity contribution in [1.29, 1.82) is 0 Å². The van der Waals surface area contributed by atoms with Gasteiger partial charge in [0, 0.05) is 18.9 Å². The average molecular weight is 339 g/mol. The van der Waals surface area contributed by atoms with E-state index in [1.54, 1.807) is 17.5 Å². The summed E-state index contributed by atoms with van der Waals surface area (Å²) in [5.74, 6) is -0.762. The van der Waals surface area contributed by atoms with Crippen molar-refractivity contribution in [2.45, 2.75) is 24.9 Å². The van der Waals surface area contributed by atoms with Crippen molar-refractivity contribution in [1.82, 2.24) is 14.9 Å². The van der Waals surface area contributed by atoms with Crippen LogP contribution in [0.3, 0.4) is 0 Å². The molecular weight excluding hydrogens is 322 g/mol. The predicted octanol–water partition coefficient (Wildman–Crippen LogP) is 3.33. The molecule has 1 aliphatic heterocycles. The highest BCUT2D eigenvalue weighted by molar-refractivity contribution is 7.18. The van der Waals surface area contributed by atoms with Gasteiger partial charge in [0.05, 0.1) is 16.3 Å². The number of carboxylic acids is 1. The lowest BCUT2D eigenvalue weighted by Gasteiger charge is -2.29. The van der Waals surface area contributed by atoms with Crippen molar-refractivity contribution in [3.05, 3.63) is 59.4 Å². The molecule has 1 N–H and O–H groups in total. The van der Waals surface area contributed by atoms with Crippen LogP contribution in [-0.4, -0.2) is 38.5 Å². The van der Waals surface area contributed by atoms with E-state index in [2.05, 4.69) is 16.0 Å². The number of carboxylic acid groups (broad SMARTS) is 1.